The van der Waals surface area contributed by atoms with Crippen LogP contribution in [0.15, 0.2) is 48.5 Å². The number of ether oxygens (including phenoxy) is 1. The van der Waals surface area contributed by atoms with E-state index in [9.17, 15) is 18.4 Å². The van der Waals surface area contributed by atoms with Crippen molar-refractivity contribution in [2.75, 3.05) is 5.32 Å². The maximum absolute atomic E-state index is 12.5. The van der Waals surface area contributed by atoms with E-state index < -0.39 is 12.4 Å². The highest BCUT2D eigenvalue weighted by molar-refractivity contribution is 6.08. The molecule has 0 aliphatic carbocycles. The van der Waals surface area contributed by atoms with Crippen molar-refractivity contribution in [3.8, 4) is 5.75 Å². The number of nitrogens with one attached hydrogen (secondary N) is 1. The first-order chi connectivity index (χ1) is 11.8. The summed E-state index contributed by atoms with van der Waals surface area (Å²) < 4.78 is 29.3. The van der Waals surface area contributed by atoms with E-state index in [1.165, 1.54) is 25.1 Å². The molecule has 2 aromatic carbocycles. The number of alkyl halides is 2. The van der Waals surface area contributed by atoms with Gasteiger partial charge in [0, 0.05) is 12.6 Å². The lowest BCUT2D eigenvalue weighted by molar-refractivity contribution is -0.114. The van der Waals surface area contributed by atoms with Crippen molar-refractivity contribution in [2.24, 2.45) is 0 Å². The molecule has 2 aromatic rings. The Morgan fingerprint density at radius 3 is 2.40 bits per heavy atom. The predicted octanol–water partition coefficient (Wildman–Crippen LogP) is 4.45. The lowest BCUT2D eigenvalue weighted by atomic mass is 10.1. The Morgan fingerprint density at radius 2 is 1.80 bits per heavy atom. The van der Waals surface area contributed by atoms with E-state index in [1.54, 1.807) is 43.3 Å². The molecule has 4 nitrogen and oxygen atoms in total. The minimum Gasteiger partial charge on any atom is -0.434 e. The van der Waals surface area contributed by atoms with Crippen LogP contribution >= 0.6 is 0 Å². The third kappa shape index (κ3) is 5.53. The molecule has 0 spiro atoms. The minimum absolute atomic E-state index is 0.0754. The smallest absolute Gasteiger partial charge is 0.387 e. The maximum Gasteiger partial charge on any atom is 0.387 e. The van der Waals surface area contributed by atoms with Crippen LogP contribution < -0.4 is 10.1 Å². The van der Waals surface area contributed by atoms with Crippen LogP contribution in [0.5, 0.6) is 5.75 Å². The van der Waals surface area contributed by atoms with Crippen LogP contribution in [0.1, 0.15) is 28.4 Å². The van der Waals surface area contributed by atoms with Gasteiger partial charge in [0.15, 0.2) is 5.78 Å². The molecule has 0 aliphatic rings. The zero-order chi connectivity index (χ0) is 18.4. The van der Waals surface area contributed by atoms with Gasteiger partial charge in [0.25, 0.3) is 0 Å². The van der Waals surface area contributed by atoms with E-state index in [4.69, 9.17) is 0 Å². The van der Waals surface area contributed by atoms with Crippen molar-refractivity contribution in [1.82, 2.24) is 0 Å². The SMILES string of the molecule is CC(=O)Nc1ccc(/C=C/C(=O)c2cc(C)ccc2OC(F)F)cc1. The van der Waals surface area contributed by atoms with E-state index in [-0.39, 0.29) is 17.2 Å². The monoisotopic (exact) mass is 345 g/mol. The van der Waals surface area contributed by atoms with Crippen LogP contribution in [-0.4, -0.2) is 18.3 Å². The maximum atomic E-state index is 12.5. The number of rotatable bonds is 6. The summed E-state index contributed by atoms with van der Waals surface area (Å²) in [6.45, 7) is 0.167. The highest BCUT2D eigenvalue weighted by Crippen LogP contribution is 2.23. The van der Waals surface area contributed by atoms with Gasteiger partial charge in [0.2, 0.25) is 5.91 Å². The van der Waals surface area contributed by atoms with Crippen molar-refractivity contribution in [1.29, 1.82) is 0 Å². The highest BCUT2D eigenvalue weighted by atomic mass is 19.3. The first-order valence-electron chi connectivity index (χ1n) is 7.50. The molecule has 0 saturated carbocycles. The fourth-order valence-electron chi connectivity index (χ4n) is 2.18. The number of hydrogen-bond donors (Lipinski definition) is 1. The number of carbonyl (C=O) groups excluding carboxylic acids is 2. The Balaban J connectivity index is 2.17. The molecule has 1 amide bonds. The Kier molecular flexibility index (Phi) is 6.00. The average Bonchev–Trinajstić information content (AvgIpc) is 2.54. The summed E-state index contributed by atoms with van der Waals surface area (Å²) in [4.78, 5) is 23.3. The van der Waals surface area contributed by atoms with Crippen LogP contribution in [0, 0.1) is 6.92 Å². The first-order valence-corrected chi connectivity index (χ1v) is 7.50. The van der Waals surface area contributed by atoms with Crippen LogP contribution in [0.4, 0.5) is 14.5 Å². The molecular formula is C19H17F2NO3. The van der Waals surface area contributed by atoms with Gasteiger partial charge in [0.05, 0.1) is 5.56 Å². The number of benzene rings is 2. The Hall–Kier alpha value is -3.02. The summed E-state index contributed by atoms with van der Waals surface area (Å²) in [5.41, 5.74) is 2.21. The van der Waals surface area contributed by atoms with Gasteiger partial charge >= 0.3 is 6.61 Å². The second-order valence-corrected chi connectivity index (χ2v) is 5.38. The van der Waals surface area contributed by atoms with Gasteiger partial charge in [-0.1, -0.05) is 29.8 Å². The second kappa shape index (κ2) is 8.19. The normalized spacial score (nSPS) is 10.9. The largest absolute Gasteiger partial charge is 0.434 e. The summed E-state index contributed by atoms with van der Waals surface area (Å²) in [6.07, 6.45) is 2.86. The van der Waals surface area contributed by atoms with E-state index >= 15 is 0 Å². The fraction of sp³-hybridized carbons (Fsp3) is 0.158. The molecule has 25 heavy (non-hydrogen) atoms. The van der Waals surface area contributed by atoms with Gasteiger partial charge in [0.1, 0.15) is 5.75 Å². The number of anilines is 1. The summed E-state index contributed by atoms with van der Waals surface area (Å²) >= 11 is 0. The molecule has 0 bridgehead atoms. The number of ketones is 1. The quantitative estimate of drug-likeness (QED) is 0.621. The fourth-order valence-corrected chi connectivity index (χ4v) is 2.18. The average molecular weight is 345 g/mol. The Labute approximate surface area is 144 Å². The third-order valence-electron chi connectivity index (χ3n) is 3.27. The Morgan fingerprint density at radius 1 is 1.12 bits per heavy atom. The Bertz CT molecular complexity index is 799. The van der Waals surface area contributed by atoms with E-state index in [1.807, 2.05) is 0 Å². The van der Waals surface area contributed by atoms with Gasteiger partial charge in [-0.05, 0) is 42.8 Å². The number of halogens is 2. The standard InChI is InChI=1S/C19H17F2NO3/c1-12-3-10-18(25-19(20)21)16(11-12)17(24)9-6-14-4-7-15(8-5-14)22-13(2)23/h3-11,19H,1-2H3,(H,22,23)/b9-6+. The highest BCUT2D eigenvalue weighted by Gasteiger charge is 2.14. The lowest BCUT2D eigenvalue weighted by Gasteiger charge is -2.09. The first kappa shape index (κ1) is 18.3. The topological polar surface area (TPSA) is 55.4 Å². The number of carbonyl (C=O) groups is 2. The van der Waals surface area contributed by atoms with Crippen LogP contribution in [-0.2, 0) is 4.79 Å². The van der Waals surface area contributed by atoms with Crippen LogP contribution in [0.2, 0.25) is 0 Å². The van der Waals surface area contributed by atoms with Crippen molar-refractivity contribution >= 4 is 23.5 Å². The third-order valence-corrected chi connectivity index (χ3v) is 3.27. The molecular weight excluding hydrogens is 328 g/mol. The van der Waals surface area contributed by atoms with Gasteiger partial charge in [-0.2, -0.15) is 8.78 Å². The number of hydrogen-bond acceptors (Lipinski definition) is 3. The molecule has 0 unspecified atom stereocenters. The zero-order valence-corrected chi connectivity index (χ0v) is 13.8. The van der Waals surface area contributed by atoms with Crippen LogP contribution in [0.25, 0.3) is 6.08 Å². The molecule has 130 valence electrons. The molecule has 6 heteroatoms. The van der Waals surface area contributed by atoms with Gasteiger partial charge < -0.3 is 10.1 Å². The van der Waals surface area contributed by atoms with E-state index in [2.05, 4.69) is 10.1 Å². The molecule has 1 N–H and O–H groups in total. The molecule has 0 saturated heterocycles. The molecule has 0 heterocycles. The predicted molar refractivity (Wildman–Crippen MR) is 91.9 cm³/mol. The van der Waals surface area contributed by atoms with Gasteiger partial charge in [-0.3, -0.25) is 9.59 Å². The zero-order valence-electron chi connectivity index (χ0n) is 13.8. The molecule has 0 aliphatic heterocycles. The van der Waals surface area contributed by atoms with E-state index in [0.717, 1.165) is 11.1 Å². The van der Waals surface area contributed by atoms with Crippen molar-refractivity contribution < 1.29 is 23.1 Å². The van der Waals surface area contributed by atoms with Crippen LogP contribution in [0.3, 0.4) is 0 Å². The van der Waals surface area contributed by atoms with E-state index in [0.29, 0.717) is 5.69 Å². The molecule has 0 atom stereocenters. The van der Waals surface area contributed by atoms with Crippen molar-refractivity contribution in [3.05, 3.63) is 65.2 Å². The van der Waals surface area contributed by atoms with Gasteiger partial charge in [-0.25, -0.2) is 0 Å². The van der Waals surface area contributed by atoms with Crippen molar-refractivity contribution in [3.63, 3.8) is 0 Å². The summed E-state index contributed by atoms with van der Waals surface area (Å²) in [5, 5.41) is 2.64. The summed E-state index contributed by atoms with van der Waals surface area (Å²) in [7, 11) is 0. The van der Waals surface area contributed by atoms with Gasteiger partial charge in [-0.15, -0.1) is 0 Å². The molecule has 0 radical (unpaired) electrons. The number of aryl methyl sites for hydroxylation is 1. The number of amides is 1. The van der Waals surface area contributed by atoms with Crippen molar-refractivity contribution in [2.45, 2.75) is 20.5 Å². The lowest BCUT2D eigenvalue weighted by Crippen LogP contribution is -2.07. The second-order valence-electron chi connectivity index (χ2n) is 5.38. The molecule has 0 fully saturated rings. The molecule has 2 rings (SSSR count). The molecule has 0 aromatic heterocycles. The summed E-state index contributed by atoms with van der Waals surface area (Å²) in [6, 6.07) is 11.3. The number of allylic oxidation sites excluding steroid dienone is 1. The minimum atomic E-state index is -3.00. The summed E-state index contributed by atoms with van der Waals surface area (Å²) in [5.74, 6) is -0.772.